The second-order valence-electron chi connectivity index (χ2n) is 4.12. The Labute approximate surface area is 118 Å². The lowest BCUT2D eigenvalue weighted by atomic mass is 10.2. The van der Waals surface area contributed by atoms with E-state index in [4.69, 9.17) is 4.74 Å². The van der Waals surface area contributed by atoms with Crippen LogP contribution in [-0.2, 0) is 21.4 Å². The van der Waals surface area contributed by atoms with Crippen molar-refractivity contribution in [1.82, 2.24) is 10.0 Å². The molecule has 0 aliphatic heterocycles. The minimum Gasteiger partial charge on any atom is -0.445 e. The largest absolute Gasteiger partial charge is 0.445 e. The van der Waals surface area contributed by atoms with E-state index in [9.17, 15) is 13.2 Å². The van der Waals surface area contributed by atoms with Crippen LogP contribution in [0, 0.1) is 0 Å². The SMILES string of the molecule is CNc1ccc(COC(=O)NCCNS(C)(=O)=O)cc1. The van der Waals surface area contributed by atoms with Gasteiger partial charge in [-0.15, -0.1) is 0 Å². The zero-order valence-electron chi connectivity index (χ0n) is 11.5. The molecule has 7 nitrogen and oxygen atoms in total. The first-order valence-electron chi connectivity index (χ1n) is 6.02. The number of hydrogen-bond acceptors (Lipinski definition) is 5. The van der Waals surface area contributed by atoms with E-state index in [1.165, 1.54) is 0 Å². The van der Waals surface area contributed by atoms with Gasteiger partial charge < -0.3 is 15.4 Å². The standard InChI is InChI=1S/C12H19N3O4S/c1-13-11-5-3-10(4-6-11)9-19-12(16)14-7-8-15-20(2,17)18/h3-6,13,15H,7-9H2,1-2H3,(H,14,16). The number of nitrogens with one attached hydrogen (secondary N) is 3. The van der Waals surface area contributed by atoms with E-state index in [0.29, 0.717) is 0 Å². The van der Waals surface area contributed by atoms with Crippen molar-refractivity contribution in [3.8, 4) is 0 Å². The number of anilines is 1. The Balaban J connectivity index is 2.22. The Bertz CT molecular complexity index is 528. The number of alkyl carbamates (subject to hydrolysis) is 1. The van der Waals surface area contributed by atoms with Gasteiger partial charge in [-0.05, 0) is 17.7 Å². The zero-order valence-corrected chi connectivity index (χ0v) is 12.3. The summed E-state index contributed by atoms with van der Waals surface area (Å²) < 4.78 is 28.8. The summed E-state index contributed by atoms with van der Waals surface area (Å²) in [5.74, 6) is 0. The summed E-state index contributed by atoms with van der Waals surface area (Å²) in [4.78, 5) is 11.3. The molecule has 0 unspecified atom stereocenters. The highest BCUT2D eigenvalue weighted by Crippen LogP contribution is 2.09. The summed E-state index contributed by atoms with van der Waals surface area (Å²) >= 11 is 0. The number of amides is 1. The summed E-state index contributed by atoms with van der Waals surface area (Å²) in [7, 11) is -1.41. The van der Waals surface area contributed by atoms with Gasteiger partial charge in [-0.2, -0.15) is 0 Å². The number of ether oxygens (including phenoxy) is 1. The number of sulfonamides is 1. The average Bonchev–Trinajstić information content (AvgIpc) is 2.41. The van der Waals surface area contributed by atoms with Gasteiger partial charge >= 0.3 is 6.09 Å². The summed E-state index contributed by atoms with van der Waals surface area (Å²) in [6.45, 7) is 0.463. The molecule has 0 saturated carbocycles. The van der Waals surface area contributed by atoms with Crippen LogP contribution >= 0.6 is 0 Å². The molecular formula is C12H19N3O4S. The molecule has 0 aromatic heterocycles. The summed E-state index contributed by atoms with van der Waals surface area (Å²) in [5.41, 5.74) is 1.85. The molecule has 0 heterocycles. The number of benzene rings is 1. The molecule has 0 aliphatic carbocycles. The second kappa shape index (κ2) is 7.71. The molecule has 0 bridgehead atoms. The van der Waals surface area contributed by atoms with Gasteiger partial charge in [0.2, 0.25) is 10.0 Å². The van der Waals surface area contributed by atoms with E-state index < -0.39 is 16.1 Å². The first kappa shape index (κ1) is 16.3. The van der Waals surface area contributed by atoms with Crippen molar-refractivity contribution in [3.05, 3.63) is 29.8 Å². The highest BCUT2D eigenvalue weighted by molar-refractivity contribution is 7.88. The minimum atomic E-state index is -3.23. The van der Waals surface area contributed by atoms with Gasteiger partial charge in [0.25, 0.3) is 0 Å². The first-order chi connectivity index (χ1) is 9.40. The summed E-state index contributed by atoms with van der Waals surface area (Å²) in [6, 6.07) is 7.47. The van der Waals surface area contributed by atoms with E-state index in [2.05, 4.69) is 15.4 Å². The fraction of sp³-hybridized carbons (Fsp3) is 0.417. The fourth-order valence-electron chi connectivity index (χ4n) is 1.37. The molecule has 0 atom stereocenters. The van der Waals surface area contributed by atoms with Crippen molar-refractivity contribution >= 4 is 21.8 Å². The molecule has 0 aliphatic rings. The zero-order chi connectivity index (χ0) is 15.0. The lowest BCUT2D eigenvalue weighted by molar-refractivity contribution is 0.140. The monoisotopic (exact) mass is 301 g/mol. The number of carbonyl (C=O) groups excluding carboxylic acids is 1. The third kappa shape index (κ3) is 6.95. The molecule has 3 N–H and O–H groups in total. The first-order valence-corrected chi connectivity index (χ1v) is 7.92. The van der Waals surface area contributed by atoms with E-state index >= 15 is 0 Å². The van der Waals surface area contributed by atoms with Gasteiger partial charge in [-0.1, -0.05) is 12.1 Å². The molecule has 0 radical (unpaired) electrons. The number of carbonyl (C=O) groups is 1. The maximum atomic E-state index is 11.3. The third-order valence-electron chi connectivity index (χ3n) is 2.37. The molecule has 8 heteroatoms. The molecule has 0 fully saturated rings. The number of hydrogen-bond donors (Lipinski definition) is 3. The molecule has 0 saturated heterocycles. The van der Waals surface area contributed by atoms with E-state index in [0.717, 1.165) is 17.5 Å². The van der Waals surface area contributed by atoms with Crippen molar-refractivity contribution in [2.24, 2.45) is 0 Å². The lowest BCUT2D eigenvalue weighted by Crippen LogP contribution is -2.34. The van der Waals surface area contributed by atoms with Gasteiger partial charge in [0.15, 0.2) is 0 Å². The van der Waals surface area contributed by atoms with Gasteiger partial charge in [-0.25, -0.2) is 17.9 Å². The molecule has 20 heavy (non-hydrogen) atoms. The molecule has 1 rings (SSSR count). The number of rotatable bonds is 7. The molecular weight excluding hydrogens is 282 g/mol. The van der Waals surface area contributed by atoms with Crippen molar-refractivity contribution in [1.29, 1.82) is 0 Å². The van der Waals surface area contributed by atoms with Gasteiger partial charge in [0.05, 0.1) is 6.26 Å². The van der Waals surface area contributed by atoms with Crippen LogP contribution < -0.4 is 15.4 Å². The highest BCUT2D eigenvalue weighted by atomic mass is 32.2. The molecule has 0 spiro atoms. The Morgan fingerprint density at radius 2 is 1.85 bits per heavy atom. The van der Waals surface area contributed by atoms with Crippen LogP contribution in [0.25, 0.3) is 0 Å². The van der Waals surface area contributed by atoms with Crippen LogP contribution in [0.15, 0.2) is 24.3 Å². The van der Waals surface area contributed by atoms with Crippen molar-refractivity contribution in [3.63, 3.8) is 0 Å². The molecule has 1 amide bonds. The predicted octanol–water partition coefficient (Wildman–Crippen LogP) is 0.504. The van der Waals surface area contributed by atoms with Crippen LogP contribution in [0.2, 0.25) is 0 Å². The Morgan fingerprint density at radius 3 is 2.40 bits per heavy atom. The fourth-order valence-corrected chi connectivity index (χ4v) is 1.84. The highest BCUT2D eigenvalue weighted by Gasteiger charge is 2.03. The van der Waals surface area contributed by atoms with Gasteiger partial charge in [-0.3, -0.25) is 0 Å². The predicted molar refractivity (Wildman–Crippen MR) is 77.0 cm³/mol. The maximum Gasteiger partial charge on any atom is 0.407 e. The van der Waals surface area contributed by atoms with Crippen molar-refractivity contribution < 1.29 is 17.9 Å². The van der Waals surface area contributed by atoms with Crippen molar-refractivity contribution in [2.75, 3.05) is 31.7 Å². The van der Waals surface area contributed by atoms with E-state index in [-0.39, 0.29) is 19.7 Å². The van der Waals surface area contributed by atoms with Crippen LogP contribution in [0.4, 0.5) is 10.5 Å². The molecule has 112 valence electrons. The Kier molecular flexibility index (Phi) is 6.26. The van der Waals surface area contributed by atoms with Gasteiger partial charge in [0.1, 0.15) is 6.61 Å². The van der Waals surface area contributed by atoms with Gasteiger partial charge in [0, 0.05) is 25.8 Å². The van der Waals surface area contributed by atoms with E-state index in [1.54, 1.807) is 0 Å². The quantitative estimate of drug-likeness (QED) is 0.637. The van der Waals surface area contributed by atoms with E-state index in [1.807, 2.05) is 31.3 Å². The van der Waals surface area contributed by atoms with Crippen LogP contribution in [-0.4, -0.2) is 40.9 Å². The van der Waals surface area contributed by atoms with Crippen LogP contribution in [0.1, 0.15) is 5.56 Å². The lowest BCUT2D eigenvalue weighted by Gasteiger charge is -2.08. The summed E-state index contributed by atoms with van der Waals surface area (Å²) in [5, 5.41) is 5.44. The normalized spacial score (nSPS) is 10.9. The topological polar surface area (TPSA) is 96.5 Å². The smallest absolute Gasteiger partial charge is 0.407 e. The Hall–Kier alpha value is -1.80. The van der Waals surface area contributed by atoms with Crippen LogP contribution in [0.5, 0.6) is 0 Å². The third-order valence-corrected chi connectivity index (χ3v) is 3.10. The van der Waals surface area contributed by atoms with Crippen LogP contribution in [0.3, 0.4) is 0 Å². The molecule has 1 aromatic rings. The van der Waals surface area contributed by atoms with Crippen molar-refractivity contribution in [2.45, 2.75) is 6.61 Å². The molecule has 1 aromatic carbocycles. The maximum absolute atomic E-state index is 11.3. The second-order valence-corrected chi connectivity index (χ2v) is 5.95. The Morgan fingerprint density at radius 1 is 1.20 bits per heavy atom. The summed E-state index contributed by atoms with van der Waals surface area (Å²) in [6.07, 6.45) is 0.471. The average molecular weight is 301 g/mol. The minimum absolute atomic E-state index is 0.130.